The maximum Gasteiger partial charge on any atom is 0.126 e. The molecule has 3 heteroatoms. The molecule has 0 spiro atoms. The molecule has 2 aromatic rings. The molecule has 0 radical (unpaired) electrons. The van der Waals surface area contributed by atoms with Gasteiger partial charge >= 0.3 is 0 Å². The Kier molecular flexibility index (Phi) is 72.1. The van der Waals surface area contributed by atoms with Gasteiger partial charge in [0, 0.05) is 11.1 Å². The lowest BCUT2D eigenvalue weighted by Crippen LogP contribution is -1.85. The summed E-state index contributed by atoms with van der Waals surface area (Å²) >= 11 is 5.54. The maximum atomic E-state index is 9.44. The van der Waals surface area contributed by atoms with Gasteiger partial charge < -0.3 is 9.90 Å². The molecule has 1 N–H and O–H groups in total. The third-order valence-electron chi connectivity index (χ3n) is 1.40. The molecule has 168 valence electrons. The Balaban J connectivity index is -0.0000000392. The molecule has 0 saturated carbocycles. The van der Waals surface area contributed by atoms with Crippen LogP contribution in [0.5, 0.6) is 0 Å². The maximum absolute atomic E-state index is 9.44. The highest BCUT2D eigenvalue weighted by Gasteiger charge is 1.75. The van der Waals surface area contributed by atoms with Crippen molar-refractivity contribution in [2.75, 3.05) is 0 Å². The number of carbonyl (C=O) groups is 1. The van der Waals surface area contributed by atoms with E-state index < -0.39 is 0 Å². The fraction of sp³-hybridized carbons (Fsp3) is 0.480. The summed E-state index contributed by atoms with van der Waals surface area (Å²) in [6.07, 6.45) is -0.167. The Labute approximate surface area is 183 Å². The van der Waals surface area contributed by atoms with Gasteiger partial charge in [-0.05, 0) is 39.8 Å². The number of aliphatic hydroxyl groups excluding tert-OH is 1. The molecule has 0 bridgehead atoms. The number of rotatable bonds is 0. The molecule has 0 aliphatic heterocycles. The lowest BCUT2D eigenvalue weighted by Gasteiger charge is -1.80. The Morgan fingerprint density at radius 3 is 0.964 bits per heavy atom. The fourth-order valence-electron chi connectivity index (χ4n) is 0.800. The van der Waals surface area contributed by atoms with Crippen molar-refractivity contribution < 1.29 is 9.90 Å². The van der Waals surface area contributed by atoms with Crippen molar-refractivity contribution >= 4 is 17.4 Å². The first-order valence-corrected chi connectivity index (χ1v) is 9.09. The van der Waals surface area contributed by atoms with Gasteiger partial charge in [0.15, 0.2) is 0 Å². The molecular formula is C25H49ClO2. The third kappa shape index (κ3) is 87.0. The third-order valence-corrected chi connectivity index (χ3v) is 1.65. The van der Waals surface area contributed by atoms with Gasteiger partial charge in [0.1, 0.15) is 5.78 Å². The first-order valence-electron chi connectivity index (χ1n) is 8.72. The average Bonchev–Trinajstić information content (AvgIpc) is 2.60. The van der Waals surface area contributed by atoms with Crippen molar-refractivity contribution in [3.63, 3.8) is 0 Å². The van der Waals surface area contributed by atoms with Gasteiger partial charge in [0.05, 0.1) is 0 Å². The second kappa shape index (κ2) is 44.6. The van der Waals surface area contributed by atoms with E-state index in [4.69, 9.17) is 16.7 Å². The molecule has 2 nitrogen and oxygen atoms in total. The summed E-state index contributed by atoms with van der Waals surface area (Å²) in [7, 11) is 0. The lowest BCUT2D eigenvalue weighted by molar-refractivity contribution is -0.114. The van der Waals surface area contributed by atoms with E-state index in [1.54, 1.807) is 13.8 Å². The topological polar surface area (TPSA) is 37.3 Å². The molecule has 2 rings (SSSR count). The van der Waals surface area contributed by atoms with E-state index in [0.29, 0.717) is 0 Å². The number of hydrogen-bond donors (Lipinski definition) is 1. The number of Topliss-reactive ketones (excluding diaryl/α,β-unsaturated/α-hetero) is 1. The fourth-order valence-corrected chi connectivity index (χ4v) is 0.945. The van der Waals surface area contributed by atoms with Crippen LogP contribution >= 0.6 is 11.6 Å². The summed E-state index contributed by atoms with van der Waals surface area (Å²) < 4.78 is 0. The van der Waals surface area contributed by atoms with E-state index in [1.165, 1.54) is 13.8 Å². The van der Waals surface area contributed by atoms with Crippen molar-refractivity contribution in [2.45, 2.75) is 83.8 Å². The number of ketones is 1. The Hall–Kier alpha value is -1.64. The molecule has 0 fully saturated rings. The molecule has 2 aromatic carbocycles. The Morgan fingerprint density at radius 1 is 0.714 bits per heavy atom. The smallest absolute Gasteiger partial charge is 0.126 e. The van der Waals surface area contributed by atoms with E-state index in [-0.39, 0.29) is 34.2 Å². The monoisotopic (exact) mass is 416 g/mol. The SMILES string of the molecule is C.C.C.CC.CC.CC(C)=O.CC(C)O.Clc1ccccc1.c1ccccc1. The van der Waals surface area contributed by atoms with Gasteiger partial charge in [-0.1, -0.05) is 116 Å². The Morgan fingerprint density at radius 2 is 0.857 bits per heavy atom. The van der Waals surface area contributed by atoms with Crippen LogP contribution in [-0.2, 0) is 4.79 Å². The van der Waals surface area contributed by atoms with Crippen LogP contribution in [0.4, 0.5) is 0 Å². The lowest BCUT2D eigenvalue weighted by atomic mass is 10.4. The molecule has 0 aromatic heterocycles. The largest absolute Gasteiger partial charge is 0.394 e. The number of hydrogen-bond acceptors (Lipinski definition) is 2. The van der Waals surface area contributed by atoms with Gasteiger partial charge in [-0.15, -0.1) is 0 Å². The van der Waals surface area contributed by atoms with Crippen molar-refractivity contribution in [1.29, 1.82) is 0 Å². The number of benzene rings is 2. The highest BCUT2D eigenvalue weighted by molar-refractivity contribution is 6.30. The highest BCUT2D eigenvalue weighted by atomic mass is 35.5. The average molecular weight is 417 g/mol. The standard InChI is InChI=1S/C6H5Cl.C6H6.C3H8O.C3H6O.2C2H6.3CH4/c7-6-4-2-1-3-5-6;1-2-4-6-5-3-1;2*1-3(2)4;2*1-2;;;/h1-5H;1-6H;3-4H,1-2H3;1-2H3;2*1-2H3;3*1H4. The first kappa shape index (κ1) is 45.2. The van der Waals surface area contributed by atoms with Gasteiger partial charge in [-0.3, -0.25) is 0 Å². The van der Waals surface area contributed by atoms with E-state index >= 15 is 0 Å². The van der Waals surface area contributed by atoms with Crippen LogP contribution in [0.15, 0.2) is 66.7 Å². The van der Waals surface area contributed by atoms with Crippen LogP contribution in [0.1, 0.15) is 77.7 Å². The van der Waals surface area contributed by atoms with E-state index in [2.05, 4.69) is 0 Å². The second-order valence-corrected chi connectivity index (χ2v) is 4.89. The zero-order valence-corrected chi connectivity index (χ0v) is 17.9. The number of halogens is 1. The highest BCUT2D eigenvalue weighted by Crippen LogP contribution is 2.03. The van der Waals surface area contributed by atoms with Crippen molar-refractivity contribution in [3.05, 3.63) is 71.8 Å². The van der Waals surface area contributed by atoms with Crippen LogP contribution < -0.4 is 0 Å². The van der Waals surface area contributed by atoms with E-state index in [9.17, 15) is 4.79 Å². The molecule has 28 heavy (non-hydrogen) atoms. The predicted molar refractivity (Wildman–Crippen MR) is 134 cm³/mol. The molecule has 0 amide bonds. The van der Waals surface area contributed by atoms with Gasteiger partial charge in [0.25, 0.3) is 0 Å². The van der Waals surface area contributed by atoms with Crippen molar-refractivity contribution in [2.24, 2.45) is 0 Å². The molecule has 0 heterocycles. The minimum absolute atomic E-state index is 0. The van der Waals surface area contributed by atoms with Gasteiger partial charge in [-0.2, -0.15) is 0 Å². The van der Waals surface area contributed by atoms with E-state index in [0.717, 1.165) is 5.02 Å². The van der Waals surface area contributed by atoms with Gasteiger partial charge in [0.2, 0.25) is 0 Å². The summed E-state index contributed by atoms with van der Waals surface area (Å²) in [5.41, 5.74) is 0. The van der Waals surface area contributed by atoms with Crippen LogP contribution in [0.3, 0.4) is 0 Å². The predicted octanol–water partition coefficient (Wildman–Crippen LogP) is 8.97. The minimum Gasteiger partial charge on any atom is -0.394 e. The summed E-state index contributed by atoms with van der Waals surface area (Å²) in [5.74, 6) is 0.167. The molecule has 0 aliphatic carbocycles. The van der Waals surface area contributed by atoms with E-state index in [1.807, 2.05) is 94.4 Å². The summed E-state index contributed by atoms with van der Waals surface area (Å²) in [6.45, 7) is 14.5. The summed E-state index contributed by atoms with van der Waals surface area (Å²) in [5, 5.41) is 8.85. The summed E-state index contributed by atoms with van der Waals surface area (Å²) in [6, 6.07) is 21.4. The first-order chi connectivity index (χ1) is 11.9. The molecular weight excluding hydrogens is 368 g/mol. The van der Waals surface area contributed by atoms with Gasteiger partial charge in [-0.25, -0.2) is 0 Å². The van der Waals surface area contributed by atoms with Crippen LogP contribution in [0.25, 0.3) is 0 Å². The Bertz CT molecular complexity index is 395. The zero-order valence-electron chi connectivity index (χ0n) is 17.2. The van der Waals surface area contributed by atoms with Crippen LogP contribution in [0.2, 0.25) is 5.02 Å². The molecule has 0 atom stereocenters. The normalized spacial score (nSPS) is 6.54. The number of carbonyl (C=O) groups excluding carboxylic acids is 1. The molecule has 0 unspecified atom stereocenters. The van der Waals surface area contributed by atoms with Crippen molar-refractivity contribution in [1.82, 2.24) is 0 Å². The molecule has 0 aliphatic rings. The quantitative estimate of drug-likeness (QED) is 0.465. The van der Waals surface area contributed by atoms with Crippen molar-refractivity contribution in [3.8, 4) is 0 Å². The van der Waals surface area contributed by atoms with Crippen LogP contribution in [0, 0.1) is 0 Å². The summed E-state index contributed by atoms with van der Waals surface area (Å²) in [4.78, 5) is 9.44. The second-order valence-electron chi connectivity index (χ2n) is 4.45. The number of aliphatic hydroxyl groups is 1. The molecule has 0 saturated heterocycles. The zero-order chi connectivity index (χ0) is 20.5. The van der Waals surface area contributed by atoms with Crippen LogP contribution in [-0.4, -0.2) is 17.0 Å². The minimum atomic E-state index is -0.167.